The maximum Gasteiger partial charge on any atom is 0.132 e. The Morgan fingerprint density at radius 1 is 1.47 bits per heavy atom. The predicted octanol–water partition coefficient (Wildman–Crippen LogP) is 1.74. The van der Waals surface area contributed by atoms with Crippen molar-refractivity contribution in [3.8, 4) is 0 Å². The summed E-state index contributed by atoms with van der Waals surface area (Å²) < 4.78 is 0. The molecule has 0 aliphatic carbocycles. The highest BCUT2D eigenvalue weighted by Crippen LogP contribution is 2.27. The van der Waals surface area contributed by atoms with Crippen molar-refractivity contribution in [1.29, 1.82) is 0 Å². The van der Waals surface area contributed by atoms with Crippen molar-refractivity contribution in [2.75, 3.05) is 24.5 Å². The lowest BCUT2D eigenvalue weighted by Gasteiger charge is -2.22. The van der Waals surface area contributed by atoms with Gasteiger partial charge in [-0.2, -0.15) is 0 Å². The minimum absolute atomic E-state index is 0.397. The van der Waals surface area contributed by atoms with E-state index in [0.29, 0.717) is 12.5 Å². The molecule has 0 bridgehead atoms. The lowest BCUT2D eigenvalue weighted by atomic mass is 10.0. The highest BCUT2D eigenvalue weighted by molar-refractivity contribution is 5.49. The number of nitrogens with zero attached hydrogens (tertiary/aromatic N) is 2. The van der Waals surface area contributed by atoms with Crippen molar-refractivity contribution >= 4 is 5.82 Å². The Bertz CT molecular complexity index is 318. The minimum atomic E-state index is 0.397. The Kier molecular flexibility index (Phi) is 3.21. The molecule has 3 nitrogen and oxygen atoms in total. The fourth-order valence-corrected chi connectivity index (χ4v) is 2.11. The monoisotopic (exact) mass is 205 g/mol. The molecule has 1 aromatic heterocycles. The topological polar surface area (TPSA) is 42.1 Å². The smallest absolute Gasteiger partial charge is 0.132 e. The molecule has 15 heavy (non-hydrogen) atoms. The van der Waals surface area contributed by atoms with Crippen molar-refractivity contribution < 1.29 is 0 Å². The van der Waals surface area contributed by atoms with Gasteiger partial charge in [0.2, 0.25) is 0 Å². The van der Waals surface area contributed by atoms with Crippen LogP contribution in [-0.4, -0.2) is 24.6 Å². The van der Waals surface area contributed by atoms with Crippen LogP contribution in [0.4, 0.5) is 5.82 Å². The molecule has 3 heteroatoms. The van der Waals surface area contributed by atoms with Crippen LogP contribution in [0.25, 0.3) is 0 Å². The Balaban J connectivity index is 2.28. The van der Waals surface area contributed by atoms with E-state index in [1.54, 1.807) is 0 Å². The molecule has 2 N–H and O–H groups in total. The van der Waals surface area contributed by atoms with Gasteiger partial charge in [-0.3, -0.25) is 0 Å². The van der Waals surface area contributed by atoms with Gasteiger partial charge in [0.15, 0.2) is 0 Å². The van der Waals surface area contributed by atoms with Crippen molar-refractivity contribution in [2.45, 2.75) is 25.7 Å². The van der Waals surface area contributed by atoms with Crippen molar-refractivity contribution in [3.63, 3.8) is 0 Å². The predicted molar refractivity (Wildman–Crippen MR) is 63.2 cm³/mol. The number of rotatable bonds is 3. The van der Waals surface area contributed by atoms with Crippen LogP contribution < -0.4 is 10.6 Å². The first-order valence-corrected chi connectivity index (χ1v) is 5.73. The van der Waals surface area contributed by atoms with Crippen LogP contribution in [0.3, 0.4) is 0 Å². The first-order valence-electron chi connectivity index (χ1n) is 5.73. The Morgan fingerprint density at radius 3 is 2.87 bits per heavy atom. The molecule has 1 atom stereocenters. The molecule has 1 aromatic rings. The van der Waals surface area contributed by atoms with Gasteiger partial charge in [0.05, 0.1) is 0 Å². The van der Waals surface area contributed by atoms with E-state index < -0.39 is 0 Å². The second-order valence-corrected chi connectivity index (χ2v) is 4.25. The third kappa shape index (κ3) is 2.12. The van der Waals surface area contributed by atoms with Gasteiger partial charge in [-0.1, -0.05) is 13.0 Å². The summed E-state index contributed by atoms with van der Waals surface area (Å²) in [6.45, 7) is 5.13. The Hall–Kier alpha value is -1.09. The molecule has 0 spiro atoms. The van der Waals surface area contributed by atoms with Crippen LogP contribution in [-0.2, 0) is 0 Å². The van der Waals surface area contributed by atoms with Crippen molar-refractivity contribution in [3.05, 3.63) is 23.9 Å². The Morgan fingerprint density at radius 2 is 2.20 bits per heavy atom. The summed E-state index contributed by atoms with van der Waals surface area (Å²) in [6, 6.07) is 4.15. The van der Waals surface area contributed by atoms with E-state index >= 15 is 0 Å². The summed E-state index contributed by atoms with van der Waals surface area (Å²) in [4.78, 5) is 6.88. The maximum absolute atomic E-state index is 5.73. The molecule has 1 fully saturated rings. The molecule has 0 radical (unpaired) electrons. The van der Waals surface area contributed by atoms with E-state index in [1.807, 2.05) is 12.3 Å². The van der Waals surface area contributed by atoms with Gasteiger partial charge in [-0.05, 0) is 36.9 Å². The summed E-state index contributed by atoms with van der Waals surface area (Å²) in [5.74, 6) is 1.54. The number of hydrogen-bond donors (Lipinski definition) is 1. The zero-order valence-corrected chi connectivity index (χ0v) is 9.32. The molecule has 1 unspecified atom stereocenters. The molecule has 82 valence electrons. The van der Waals surface area contributed by atoms with E-state index in [1.165, 1.54) is 18.4 Å². The molecule has 0 aromatic carbocycles. The van der Waals surface area contributed by atoms with Crippen molar-refractivity contribution in [1.82, 2.24) is 4.98 Å². The number of hydrogen-bond acceptors (Lipinski definition) is 3. The van der Waals surface area contributed by atoms with Crippen LogP contribution in [0.1, 0.15) is 31.2 Å². The fourth-order valence-electron chi connectivity index (χ4n) is 2.11. The number of pyridine rings is 1. The van der Waals surface area contributed by atoms with Gasteiger partial charge >= 0.3 is 0 Å². The molecule has 1 aliphatic heterocycles. The van der Waals surface area contributed by atoms with E-state index in [-0.39, 0.29) is 0 Å². The van der Waals surface area contributed by atoms with E-state index in [4.69, 9.17) is 5.73 Å². The number of aromatic nitrogens is 1. The molecule has 0 saturated carbocycles. The molecular formula is C12H19N3. The molecular weight excluding hydrogens is 186 g/mol. The van der Waals surface area contributed by atoms with Gasteiger partial charge < -0.3 is 10.6 Å². The second-order valence-electron chi connectivity index (χ2n) is 4.25. The number of nitrogens with two attached hydrogens (primary N) is 1. The van der Waals surface area contributed by atoms with E-state index in [9.17, 15) is 0 Å². The lowest BCUT2D eigenvalue weighted by Crippen LogP contribution is -2.22. The zero-order chi connectivity index (χ0) is 10.7. The van der Waals surface area contributed by atoms with E-state index in [0.717, 1.165) is 18.9 Å². The minimum Gasteiger partial charge on any atom is -0.356 e. The lowest BCUT2D eigenvalue weighted by molar-refractivity contribution is 0.759. The Labute approximate surface area is 91.3 Å². The average Bonchev–Trinajstić information content (AvgIpc) is 2.81. The zero-order valence-electron chi connectivity index (χ0n) is 9.32. The quantitative estimate of drug-likeness (QED) is 0.817. The summed E-state index contributed by atoms with van der Waals surface area (Å²) >= 11 is 0. The summed E-state index contributed by atoms with van der Waals surface area (Å²) in [5.41, 5.74) is 7.02. The molecule has 1 aliphatic rings. The van der Waals surface area contributed by atoms with Gasteiger partial charge in [-0.25, -0.2) is 4.98 Å². The number of anilines is 1. The SMILES string of the molecule is CC(CN)c1cccnc1N1CCCC1. The largest absolute Gasteiger partial charge is 0.356 e. The molecule has 0 amide bonds. The third-order valence-corrected chi connectivity index (χ3v) is 3.11. The summed E-state index contributed by atoms with van der Waals surface area (Å²) in [5, 5.41) is 0. The van der Waals surface area contributed by atoms with Gasteiger partial charge in [0, 0.05) is 19.3 Å². The first kappa shape index (κ1) is 10.4. The van der Waals surface area contributed by atoms with Gasteiger partial charge in [-0.15, -0.1) is 0 Å². The first-order chi connectivity index (χ1) is 7.33. The third-order valence-electron chi connectivity index (χ3n) is 3.11. The van der Waals surface area contributed by atoms with Crippen LogP contribution in [0.5, 0.6) is 0 Å². The summed E-state index contributed by atoms with van der Waals surface area (Å²) in [6.07, 6.45) is 4.44. The van der Waals surface area contributed by atoms with Crippen LogP contribution in [0.15, 0.2) is 18.3 Å². The fraction of sp³-hybridized carbons (Fsp3) is 0.583. The van der Waals surface area contributed by atoms with Crippen molar-refractivity contribution in [2.24, 2.45) is 5.73 Å². The second kappa shape index (κ2) is 4.62. The van der Waals surface area contributed by atoms with Gasteiger partial charge in [0.1, 0.15) is 5.82 Å². The maximum atomic E-state index is 5.73. The highest BCUT2D eigenvalue weighted by atomic mass is 15.2. The molecule has 2 heterocycles. The van der Waals surface area contributed by atoms with Crippen LogP contribution in [0, 0.1) is 0 Å². The molecule has 1 saturated heterocycles. The van der Waals surface area contributed by atoms with E-state index in [2.05, 4.69) is 22.9 Å². The standard InChI is InChI=1S/C12H19N3/c1-10(9-13)11-5-4-6-14-12(11)15-7-2-3-8-15/h4-6,10H,2-3,7-9,13H2,1H3. The summed E-state index contributed by atoms with van der Waals surface area (Å²) in [7, 11) is 0. The normalized spacial score (nSPS) is 18.1. The van der Waals surface area contributed by atoms with Crippen LogP contribution in [0.2, 0.25) is 0 Å². The highest BCUT2D eigenvalue weighted by Gasteiger charge is 2.18. The molecule has 2 rings (SSSR count). The average molecular weight is 205 g/mol. The van der Waals surface area contributed by atoms with Crippen LogP contribution >= 0.6 is 0 Å². The van der Waals surface area contributed by atoms with Gasteiger partial charge in [0.25, 0.3) is 0 Å².